The molecule has 1 N–H and O–H groups in total. The molecule has 2 bridgehead atoms. The molecule has 3 unspecified atom stereocenters. The van der Waals surface area contributed by atoms with E-state index < -0.39 is 0 Å². The molecule has 2 rings (SSSR count). The number of hydrogen-bond acceptors (Lipinski definition) is 2. The molecule has 2 aliphatic rings. The first-order valence-corrected chi connectivity index (χ1v) is 5.73. The fourth-order valence-electron chi connectivity index (χ4n) is 2.86. The highest BCUT2D eigenvalue weighted by Crippen LogP contribution is 2.34. The van der Waals surface area contributed by atoms with Gasteiger partial charge < -0.3 is 10.2 Å². The van der Waals surface area contributed by atoms with E-state index in [2.05, 4.69) is 11.9 Å². The molecule has 0 spiro atoms. The van der Waals surface area contributed by atoms with E-state index in [9.17, 15) is 4.79 Å². The fourth-order valence-corrected chi connectivity index (χ4v) is 2.86. The van der Waals surface area contributed by atoms with Gasteiger partial charge in [0.05, 0.1) is 5.92 Å². The normalized spacial score (nSPS) is 33.1. The highest BCUT2D eigenvalue weighted by atomic mass is 16.2. The van der Waals surface area contributed by atoms with Crippen molar-refractivity contribution in [2.45, 2.75) is 38.3 Å². The SMILES string of the molecule is C=C(C)CN(C)C(=O)C1CC2CCC1N2. The molecule has 84 valence electrons. The Morgan fingerprint density at radius 3 is 2.73 bits per heavy atom. The molecule has 0 radical (unpaired) electrons. The Kier molecular flexibility index (Phi) is 2.83. The van der Waals surface area contributed by atoms with Crippen LogP contribution in [0.1, 0.15) is 26.2 Å². The number of hydrogen-bond donors (Lipinski definition) is 1. The lowest BCUT2D eigenvalue weighted by atomic mass is 9.88. The molecule has 2 fully saturated rings. The lowest BCUT2D eigenvalue weighted by Gasteiger charge is -2.25. The molecule has 0 aromatic heterocycles. The van der Waals surface area contributed by atoms with Crippen LogP contribution >= 0.6 is 0 Å². The van der Waals surface area contributed by atoms with E-state index in [1.807, 2.05) is 18.9 Å². The van der Waals surface area contributed by atoms with Crippen LogP contribution in [0, 0.1) is 5.92 Å². The van der Waals surface area contributed by atoms with Gasteiger partial charge in [-0.05, 0) is 26.2 Å². The van der Waals surface area contributed by atoms with Crippen LogP contribution in [-0.2, 0) is 4.79 Å². The summed E-state index contributed by atoms with van der Waals surface area (Å²) in [6.45, 7) is 6.49. The lowest BCUT2D eigenvalue weighted by Crippen LogP contribution is -2.39. The highest BCUT2D eigenvalue weighted by Gasteiger charge is 2.43. The van der Waals surface area contributed by atoms with Gasteiger partial charge in [-0.15, -0.1) is 0 Å². The van der Waals surface area contributed by atoms with Gasteiger partial charge in [0.15, 0.2) is 0 Å². The number of nitrogens with one attached hydrogen (secondary N) is 1. The van der Waals surface area contributed by atoms with Gasteiger partial charge in [0.2, 0.25) is 5.91 Å². The maximum atomic E-state index is 12.1. The Morgan fingerprint density at radius 2 is 2.27 bits per heavy atom. The summed E-state index contributed by atoms with van der Waals surface area (Å²) >= 11 is 0. The van der Waals surface area contributed by atoms with Crippen LogP contribution < -0.4 is 5.32 Å². The Labute approximate surface area is 91.5 Å². The number of carbonyl (C=O) groups is 1. The first kappa shape index (κ1) is 10.7. The second-order valence-electron chi connectivity index (χ2n) is 5.04. The van der Waals surface area contributed by atoms with Crippen LogP contribution in [0.2, 0.25) is 0 Å². The summed E-state index contributed by atoms with van der Waals surface area (Å²) in [7, 11) is 1.88. The maximum absolute atomic E-state index is 12.1. The van der Waals surface area contributed by atoms with Gasteiger partial charge in [-0.1, -0.05) is 12.2 Å². The van der Waals surface area contributed by atoms with Gasteiger partial charge in [0.1, 0.15) is 0 Å². The van der Waals surface area contributed by atoms with Crippen molar-refractivity contribution >= 4 is 5.91 Å². The molecule has 3 heteroatoms. The number of rotatable bonds is 3. The van der Waals surface area contributed by atoms with Crippen molar-refractivity contribution in [2.75, 3.05) is 13.6 Å². The summed E-state index contributed by atoms with van der Waals surface area (Å²) in [5, 5.41) is 3.50. The number of carbonyl (C=O) groups excluding carboxylic acids is 1. The van der Waals surface area contributed by atoms with Crippen LogP contribution in [0.3, 0.4) is 0 Å². The van der Waals surface area contributed by atoms with E-state index in [1.165, 1.54) is 12.8 Å². The minimum absolute atomic E-state index is 0.216. The Morgan fingerprint density at radius 1 is 1.53 bits per heavy atom. The third-order valence-electron chi connectivity index (χ3n) is 3.50. The van der Waals surface area contributed by atoms with Crippen molar-refractivity contribution < 1.29 is 4.79 Å². The zero-order chi connectivity index (χ0) is 11.0. The average Bonchev–Trinajstić information content (AvgIpc) is 2.76. The summed E-state index contributed by atoms with van der Waals surface area (Å²) in [5.41, 5.74) is 1.04. The molecule has 0 aromatic carbocycles. The van der Waals surface area contributed by atoms with Gasteiger partial charge in [0.25, 0.3) is 0 Å². The quantitative estimate of drug-likeness (QED) is 0.706. The predicted molar refractivity (Wildman–Crippen MR) is 60.5 cm³/mol. The monoisotopic (exact) mass is 208 g/mol. The molecule has 3 atom stereocenters. The summed E-state index contributed by atoms with van der Waals surface area (Å²) < 4.78 is 0. The minimum atomic E-state index is 0.216. The lowest BCUT2D eigenvalue weighted by molar-refractivity contribution is -0.134. The minimum Gasteiger partial charge on any atom is -0.341 e. The van der Waals surface area contributed by atoms with E-state index in [1.54, 1.807) is 0 Å². The van der Waals surface area contributed by atoms with Crippen LogP contribution in [0.25, 0.3) is 0 Å². The average molecular weight is 208 g/mol. The van der Waals surface area contributed by atoms with Crippen molar-refractivity contribution in [1.29, 1.82) is 0 Å². The van der Waals surface area contributed by atoms with E-state index in [0.29, 0.717) is 18.6 Å². The van der Waals surface area contributed by atoms with Crippen LogP contribution in [-0.4, -0.2) is 36.5 Å². The van der Waals surface area contributed by atoms with Gasteiger partial charge in [0, 0.05) is 25.7 Å². The molecular formula is C12H20N2O. The summed E-state index contributed by atoms with van der Waals surface area (Å²) in [6.07, 6.45) is 3.45. The second kappa shape index (κ2) is 3.97. The standard InChI is InChI=1S/C12H20N2O/c1-8(2)7-14(3)12(15)10-6-9-4-5-11(10)13-9/h9-11,13H,1,4-7H2,2-3H3. The molecule has 0 aromatic rings. The van der Waals surface area contributed by atoms with E-state index in [4.69, 9.17) is 0 Å². The van der Waals surface area contributed by atoms with Crippen molar-refractivity contribution in [3.05, 3.63) is 12.2 Å². The topological polar surface area (TPSA) is 32.3 Å². The van der Waals surface area contributed by atoms with Crippen LogP contribution in [0.5, 0.6) is 0 Å². The van der Waals surface area contributed by atoms with Crippen molar-refractivity contribution in [3.63, 3.8) is 0 Å². The molecule has 2 saturated heterocycles. The predicted octanol–water partition coefficient (Wildman–Crippen LogP) is 1.16. The summed E-state index contributed by atoms with van der Waals surface area (Å²) in [4.78, 5) is 13.9. The largest absolute Gasteiger partial charge is 0.341 e. The number of likely N-dealkylation sites (N-methyl/N-ethyl adjacent to an activating group) is 1. The van der Waals surface area contributed by atoms with Gasteiger partial charge in [-0.25, -0.2) is 0 Å². The van der Waals surface area contributed by atoms with Gasteiger partial charge in [-0.2, -0.15) is 0 Å². The molecule has 15 heavy (non-hydrogen) atoms. The van der Waals surface area contributed by atoms with Crippen molar-refractivity contribution in [3.8, 4) is 0 Å². The number of nitrogens with zero attached hydrogens (tertiary/aromatic N) is 1. The molecule has 3 nitrogen and oxygen atoms in total. The molecule has 0 aliphatic carbocycles. The van der Waals surface area contributed by atoms with E-state index >= 15 is 0 Å². The van der Waals surface area contributed by atoms with E-state index in [-0.39, 0.29) is 11.8 Å². The van der Waals surface area contributed by atoms with Crippen LogP contribution in [0.4, 0.5) is 0 Å². The number of fused-ring (bicyclic) bond motifs is 2. The van der Waals surface area contributed by atoms with Crippen LogP contribution in [0.15, 0.2) is 12.2 Å². The Balaban J connectivity index is 1.93. The fraction of sp³-hybridized carbons (Fsp3) is 0.750. The van der Waals surface area contributed by atoms with Gasteiger partial charge >= 0.3 is 0 Å². The first-order chi connectivity index (χ1) is 7.08. The second-order valence-corrected chi connectivity index (χ2v) is 5.04. The van der Waals surface area contributed by atoms with Crippen molar-refractivity contribution in [1.82, 2.24) is 10.2 Å². The zero-order valence-electron chi connectivity index (χ0n) is 9.62. The maximum Gasteiger partial charge on any atom is 0.227 e. The molecule has 1 amide bonds. The smallest absolute Gasteiger partial charge is 0.227 e. The van der Waals surface area contributed by atoms with E-state index in [0.717, 1.165) is 12.0 Å². The third-order valence-corrected chi connectivity index (χ3v) is 3.50. The zero-order valence-corrected chi connectivity index (χ0v) is 9.62. The van der Waals surface area contributed by atoms with Crippen molar-refractivity contribution in [2.24, 2.45) is 5.92 Å². The summed E-state index contributed by atoms with van der Waals surface area (Å²) in [5.74, 6) is 0.505. The third kappa shape index (κ3) is 2.07. The summed E-state index contributed by atoms with van der Waals surface area (Å²) in [6, 6.07) is 1.04. The Bertz CT molecular complexity index is 287. The highest BCUT2D eigenvalue weighted by molar-refractivity contribution is 5.80. The Hall–Kier alpha value is -0.830. The van der Waals surface area contributed by atoms with Gasteiger partial charge in [-0.3, -0.25) is 4.79 Å². The molecule has 2 heterocycles. The number of amides is 1. The molecule has 2 aliphatic heterocycles. The first-order valence-electron chi connectivity index (χ1n) is 5.73. The molecule has 0 saturated carbocycles. The molecular weight excluding hydrogens is 188 g/mol.